The summed E-state index contributed by atoms with van der Waals surface area (Å²) in [5, 5.41) is 5.95. The van der Waals surface area contributed by atoms with Crippen molar-refractivity contribution in [3.05, 3.63) is 71.7 Å². The summed E-state index contributed by atoms with van der Waals surface area (Å²) in [6.45, 7) is 5.49. The smallest absolute Gasteiger partial charge is 0.264 e. The van der Waals surface area contributed by atoms with E-state index in [2.05, 4.69) is 22.2 Å². The third-order valence-electron chi connectivity index (χ3n) is 3.63. The van der Waals surface area contributed by atoms with E-state index in [1.54, 1.807) is 36.4 Å². The molecule has 0 radical (unpaired) electrons. The van der Waals surface area contributed by atoms with Crippen molar-refractivity contribution in [3.8, 4) is 5.75 Å². The number of benzene rings is 2. The first kappa shape index (κ1) is 19.4. The third-order valence-corrected chi connectivity index (χ3v) is 4.54. The molecule has 2 aromatic carbocycles. The summed E-state index contributed by atoms with van der Waals surface area (Å²) in [6, 6.07) is 14.5. The van der Waals surface area contributed by atoms with E-state index >= 15 is 0 Å². The van der Waals surface area contributed by atoms with Gasteiger partial charge in [0.25, 0.3) is 5.91 Å². The molecule has 0 aromatic heterocycles. The lowest BCUT2D eigenvalue weighted by Gasteiger charge is -2.06. The van der Waals surface area contributed by atoms with Crippen LogP contribution in [0.15, 0.2) is 71.1 Å². The van der Waals surface area contributed by atoms with Crippen molar-refractivity contribution in [1.29, 1.82) is 0 Å². The van der Waals surface area contributed by atoms with Gasteiger partial charge in [0.1, 0.15) is 12.4 Å². The predicted octanol–water partition coefficient (Wildman–Crippen LogP) is 4.10. The number of amides is 2. The molecule has 7 heteroatoms. The Hall–Kier alpha value is -3.32. The zero-order valence-corrected chi connectivity index (χ0v) is 16.1. The maximum Gasteiger partial charge on any atom is 0.264 e. The Labute approximate surface area is 167 Å². The van der Waals surface area contributed by atoms with Gasteiger partial charge in [-0.05, 0) is 48.2 Å². The van der Waals surface area contributed by atoms with E-state index < -0.39 is 0 Å². The van der Waals surface area contributed by atoms with Gasteiger partial charge in [-0.25, -0.2) is 4.99 Å². The number of rotatable bonds is 6. The number of para-hydroxylation sites is 1. The highest BCUT2D eigenvalue weighted by Crippen LogP contribution is 2.30. The standard InChI is InChI=1S/C21H19N3O3S/c1-3-12-27-18-7-5-4-6-15(18)13-19-20(26)24-21(28-19)23-17-10-8-16(9-11-17)22-14(2)25/h3-11,13H,1,12H2,2H3,(H,22,25)(H,23,24,26)/b19-13-. The SMILES string of the molecule is C=CCOc1ccccc1/C=C1\SC(=Nc2ccc(NC(C)=O)cc2)NC1=O. The van der Waals surface area contributed by atoms with Gasteiger partial charge in [-0.3, -0.25) is 9.59 Å². The molecule has 0 atom stereocenters. The summed E-state index contributed by atoms with van der Waals surface area (Å²) in [4.78, 5) is 28.3. The quantitative estimate of drug-likeness (QED) is 0.572. The highest BCUT2D eigenvalue weighted by Gasteiger charge is 2.24. The van der Waals surface area contributed by atoms with Crippen LogP contribution in [0.1, 0.15) is 12.5 Å². The molecule has 1 aliphatic rings. The third kappa shape index (κ3) is 5.11. The molecule has 1 fully saturated rings. The van der Waals surface area contributed by atoms with Gasteiger partial charge in [0.05, 0.1) is 10.6 Å². The molecule has 0 saturated carbocycles. The molecular weight excluding hydrogens is 374 g/mol. The van der Waals surface area contributed by atoms with E-state index in [-0.39, 0.29) is 11.8 Å². The second kappa shape index (κ2) is 9.05. The van der Waals surface area contributed by atoms with Crippen molar-refractivity contribution >= 4 is 46.2 Å². The number of carbonyl (C=O) groups is 2. The Balaban J connectivity index is 1.76. The molecule has 0 bridgehead atoms. The van der Waals surface area contributed by atoms with Crippen molar-refractivity contribution in [2.45, 2.75) is 6.92 Å². The summed E-state index contributed by atoms with van der Waals surface area (Å²) in [6.07, 6.45) is 3.45. The molecule has 2 amide bonds. The van der Waals surface area contributed by atoms with E-state index in [4.69, 9.17) is 4.74 Å². The molecule has 0 aliphatic carbocycles. The Morgan fingerprint density at radius 3 is 2.71 bits per heavy atom. The highest BCUT2D eigenvalue weighted by molar-refractivity contribution is 8.18. The van der Waals surface area contributed by atoms with Crippen LogP contribution >= 0.6 is 11.8 Å². The number of ether oxygens (including phenoxy) is 1. The molecule has 2 aromatic rings. The van der Waals surface area contributed by atoms with Crippen molar-refractivity contribution in [1.82, 2.24) is 5.32 Å². The van der Waals surface area contributed by atoms with Crippen LogP contribution in [0.2, 0.25) is 0 Å². The fraction of sp³-hybridized carbons (Fsp3) is 0.0952. The largest absolute Gasteiger partial charge is 0.489 e. The Bertz CT molecular complexity index is 965. The van der Waals surface area contributed by atoms with Crippen molar-refractivity contribution in [2.75, 3.05) is 11.9 Å². The van der Waals surface area contributed by atoms with Crippen molar-refractivity contribution in [2.24, 2.45) is 4.99 Å². The van der Waals surface area contributed by atoms with Gasteiger partial charge < -0.3 is 15.4 Å². The van der Waals surface area contributed by atoms with Crippen LogP contribution in [0, 0.1) is 0 Å². The summed E-state index contributed by atoms with van der Waals surface area (Å²) < 4.78 is 5.63. The number of nitrogens with one attached hydrogen (secondary N) is 2. The highest BCUT2D eigenvalue weighted by atomic mass is 32.2. The average molecular weight is 393 g/mol. The normalized spacial score (nSPS) is 16.1. The lowest BCUT2D eigenvalue weighted by molar-refractivity contribution is -0.115. The van der Waals surface area contributed by atoms with Gasteiger partial charge in [0.2, 0.25) is 5.91 Å². The number of aliphatic imine (C=N–C) groups is 1. The Morgan fingerprint density at radius 1 is 1.25 bits per heavy atom. The van der Waals surface area contributed by atoms with Crippen LogP contribution in [0.4, 0.5) is 11.4 Å². The van der Waals surface area contributed by atoms with Gasteiger partial charge in [-0.15, -0.1) is 0 Å². The maximum atomic E-state index is 12.3. The predicted molar refractivity (Wildman–Crippen MR) is 114 cm³/mol. The lowest BCUT2D eigenvalue weighted by atomic mass is 10.2. The fourth-order valence-electron chi connectivity index (χ4n) is 2.44. The molecule has 28 heavy (non-hydrogen) atoms. The van der Waals surface area contributed by atoms with Crippen molar-refractivity contribution in [3.63, 3.8) is 0 Å². The molecule has 3 rings (SSSR count). The molecule has 0 spiro atoms. The fourth-order valence-corrected chi connectivity index (χ4v) is 3.27. The van der Waals surface area contributed by atoms with Gasteiger partial charge in [-0.1, -0.05) is 30.9 Å². The topological polar surface area (TPSA) is 79.8 Å². The molecule has 0 unspecified atom stereocenters. The van der Waals surface area contributed by atoms with Crippen LogP contribution in [0.3, 0.4) is 0 Å². The molecular formula is C21H19N3O3S. The van der Waals surface area contributed by atoms with Crippen LogP contribution < -0.4 is 15.4 Å². The zero-order valence-electron chi connectivity index (χ0n) is 15.3. The van der Waals surface area contributed by atoms with E-state index in [1.165, 1.54) is 18.7 Å². The minimum atomic E-state index is -0.211. The molecule has 2 N–H and O–H groups in total. The second-order valence-electron chi connectivity index (χ2n) is 5.85. The number of amidine groups is 1. The summed E-state index contributed by atoms with van der Waals surface area (Å²) >= 11 is 1.26. The van der Waals surface area contributed by atoms with Gasteiger partial charge in [-0.2, -0.15) is 0 Å². The molecule has 6 nitrogen and oxygen atoms in total. The van der Waals surface area contributed by atoms with Crippen molar-refractivity contribution < 1.29 is 14.3 Å². The van der Waals surface area contributed by atoms with Crippen LogP contribution in [-0.2, 0) is 9.59 Å². The van der Waals surface area contributed by atoms with E-state index in [0.29, 0.717) is 33.8 Å². The number of carbonyl (C=O) groups excluding carboxylic acids is 2. The lowest BCUT2D eigenvalue weighted by Crippen LogP contribution is -2.19. The van der Waals surface area contributed by atoms with Crippen LogP contribution in [-0.4, -0.2) is 23.6 Å². The minimum Gasteiger partial charge on any atom is -0.489 e. The van der Waals surface area contributed by atoms with Gasteiger partial charge in [0, 0.05) is 18.2 Å². The van der Waals surface area contributed by atoms with E-state index in [1.807, 2.05) is 24.3 Å². The van der Waals surface area contributed by atoms with Crippen LogP contribution in [0.5, 0.6) is 5.75 Å². The molecule has 1 heterocycles. The number of hydrogen-bond acceptors (Lipinski definition) is 5. The van der Waals surface area contributed by atoms with Gasteiger partial charge in [0.15, 0.2) is 5.17 Å². The Morgan fingerprint density at radius 2 is 2.00 bits per heavy atom. The first-order valence-electron chi connectivity index (χ1n) is 8.55. The first-order chi connectivity index (χ1) is 13.5. The summed E-state index contributed by atoms with van der Waals surface area (Å²) in [7, 11) is 0. The monoisotopic (exact) mass is 393 g/mol. The maximum absolute atomic E-state index is 12.3. The van der Waals surface area contributed by atoms with Gasteiger partial charge >= 0.3 is 0 Å². The minimum absolute atomic E-state index is 0.134. The number of thioether (sulfide) groups is 1. The molecule has 142 valence electrons. The molecule has 1 saturated heterocycles. The summed E-state index contributed by atoms with van der Waals surface area (Å²) in [5.74, 6) is 0.337. The molecule has 1 aliphatic heterocycles. The number of nitrogens with zero attached hydrogens (tertiary/aromatic N) is 1. The average Bonchev–Trinajstić information content (AvgIpc) is 3.01. The number of anilines is 1. The second-order valence-corrected chi connectivity index (χ2v) is 6.88. The van der Waals surface area contributed by atoms with Crippen LogP contribution in [0.25, 0.3) is 6.08 Å². The summed E-state index contributed by atoms with van der Waals surface area (Å²) in [5.41, 5.74) is 2.17. The zero-order chi connectivity index (χ0) is 19.9. The first-order valence-corrected chi connectivity index (χ1v) is 9.37. The van der Waals surface area contributed by atoms with E-state index in [9.17, 15) is 9.59 Å². The number of hydrogen-bond donors (Lipinski definition) is 2. The Kier molecular flexibility index (Phi) is 6.29. The van der Waals surface area contributed by atoms with E-state index in [0.717, 1.165) is 5.56 Å².